The van der Waals surface area contributed by atoms with Crippen LogP contribution in [0.2, 0.25) is 0 Å². The third-order valence-corrected chi connectivity index (χ3v) is 5.37. The van der Waals surface area contributed by atoms with Crippen LogP contribution in [0.1, 0.15) is 41.9 Å². The number of benzene rings is 2. The number of hydrogen-bond donors (Lipinski definition) is 0. The van der Waals surface area contributed by atoms with Gasteiger partial charge in [0.1, 0.15) is 11.6 Å². The Morgan fingerprint density at radius 3 is 2.71 bits per heavy atom. The lowest BCUT2D eigenvalue weighted by atomic mass is 10.1. The molecule has 0 radical (unpaired) electrons. The summed E-state index contributed by atoms with van der Waals surface area (Å²) in [4.78, 5) is 40.9. The Morgan fingerprint density at radius 1 is 1.13 bits per heavy atom. The maximum Gasteiger partial charge on any atom is 0.343 e. The third kappa shape index (κ3) is 4.11. The van der Waals surface area contributed by atoms with E-state index in [2.05, 4.69) is 4.98 Å². The molecule has 0 unspecified atom stereocenters. The monoisotopic (exact) mass is 423 g/mol. The van der Waals surface area contributed by atoms with Crippen molar-refractivity contribution in [1.29, 1.82) is 0 Å². The molecule has 0 spiro atoms. The minimum Gasteiger partial charge on any atom is -0.496 e. The summed E-state index contributed by atoms with van der Waals surface area (Å²) in [7, 11) is 1.39. The van der Waals surface area contributed by atoms with Crippen LogP contribution in [0.25, 0.3) is 10.9 Å². The Labute approximate surface area is 177 Å². The van der Waals surface area contributed by atoms with Gasteiger partial charge in [-0.3, -0.25) is 19.5 Å². The average molecular weight is 423 g/mol. The van der Waals surface area contributed by atoms with Gasteiger partial charge in [-0.1, -0.05) is 12.8 Å². The second-order valence-electron chi connectivity index (χ2n) is 7.36. The van der Waals surface area contributed by atoms with E-state index in [4.69, 9.17) is 9.47 Å². The first-order valence-corrected chi connectivity index (χ1v) is 10.1. The maximum atomic E-state index is 12.9. The first-order valence-electron chi connectivity index (χ1n) is 10.1. The molecule has 0 saturated heterocycles. The van der Waals surface area contributed by atoms with Gasteiger partial charge in [0.05, 0.1) is 34.6 Å². The van der Waals surface area contributed by atoms with Gasteiger partial charge in [-0.15, -0.1) is 0 Å². The van der Waals surface area contributed by atoms with Crippen molar-refractivity contribution >= 4 is 22.6 Å². The number of nitrogens with zero attached hydrogens (tertiary/aromatic N) is 3. The van der Waals surface area contributed by atoms with Crippen molar-refractivity contribution in [3.63, 3.8) is 0 Å². The molecule has 160 valence electrons. The zero-order chi connectivity index (χ0) is 22.0. The molecule has 0 atom stereocenters. The largest absolute Gasteiger partial charge is 0.496 e. The predicted molar refractivity (Wildman–Crippen MR) is 113 cm³/mol. The van der Waals surface area contributed by atoms with E-state index < -0.39 is 10.9 Å². The summed E-state index contributed by atoms with van der Waals surface area (Å²) in [5.41, 5.74) is 0.0645. The minimum absolute atomic E-state index is 0.118. The molecule has 0 amide bonds. The molecule has 0 saturated carbocycles. The van der Waals surface area contributed by atoms with Crippen molar-refractivity contribution in [2.75, 3.05) is 7.11 Å². The Bertz CT molecular complexity index is 1230. The molecule has 9 nitrogen and oxygen atoms in total. The summed E-state index contributed by atoms with van der Waals surface area (Å²) >= 11 is 0. The first kappa shape index (κ1) is 20.5. The van der Waals surface area contributed by atoms with Crippen LogP contribution in [0.3, 0.4) is 0 Å². The van der Waals surface area contributed by atoms with Crippen molar-refractivity contribution in [2.45, 2.75) is 38.6 Å². The smallest absolute Gasteiger partial charge is 0.343 e. The van der Waals surface area contributed by atoms with Gasteiger partial charge in [-0.25, -0.2) is 9.78 Å². The molecule has 0 aliphatic carbocycles. The molecular weight excluding hydrogens is 402 g/mol. The van der Waals surface area contributed by atoms with Crippen LogP contribution in [0, 0.1) is 10.1 Å². The number of nitro groups is 1. The van der Waals surface area contributed by atoms with E-state index in [1.54, 1.807) is 10.6 Å². The van der Waals surface area contributed by atoms with E-state index >= 15 is 0 Å². The van der Waals surface area contributed by atoms with Crippen LogP contribution in [0.4, 0.5) is 5.69 Å². The third-order valence-electron chi connectivity index (χ3n) is 5.37. The number of carbonyl (C=O) groups is 1. The summed E-state index contributed by atoms with van der Waals surface area (Å²) < 4.78 is 12.0. The highest BCUT2D eigenvalue weighted by Gasteiger charge is 2.21. The lowest BCUT2D eigenvalue weighted by Crippen LogP contribution is -2.26. The fraction of sp³-hybridized carbons (Fsp3) is 0.318. The maximum absolute atomic E-state index is 12.9. The number of hydrogen-bond acceptors (Lipinski definition) is 7. The second-order valence-corrected chi connectivity index (χ2v) is 7.36. The van der Waals surface area contributed by atoms with Gasteiger partial charge in [-0.05, 0) is 43.2 Å². The van der Waals surface area contributed by atoms with Crippen LogP contribution < -0.4 is 15.0 Å². The van der Waals surface area contributed by atoms with Crippen LogP contribution in [-0.4, -0.2) is 27.6 Å². The van der Waals surface area contributed by atoms with Gasteiger partial charge in [0, 0.05) is 13.0 Å². The van der Waals surface area contributed by atoms with Gasteiger partial charge < -0.3 is 9.47 Å². The predicted octanol–water partition coefficient (Wildman–Crippen LogP) is 3.65. The molecule has 31 heavy (non-hydrogen) atoms. The van der Waals surface area contributed by atoms with Crippen molar-refractivity contribution in [2.24, 2.45) is 0 Å². The SMILES string of the molecule is COc1ccc(OC(=O)c2ccc3c(=O)n4c(nc3c2)CCCCCC4)c([N+](=O)[O-])c1. The molecule has 0 bridgehead atoms. The lowest BCUT2D eigenvalue weighted by Gasteiger charge is -2.16. The molecule has 2 aromatic carbocycles. The zero-order valence-electron chi connectivity index (χ0n) is 17.0. The van der Waals surface area contributed by atoms with Crippen LogP contribution in [-0.2, 0) is 13.0 Å². The van der Waals surface area contributed by atoms with E-state index in [1.807, 2.05) is 0 Å². The van der Waals surface area contributed by atoms with Crippen molar-refractivity contribution in [1.82, 2.24) is 9.55 Å². The molecular formula is C22H21N3O6. The highest BCUT2D eigenvalue weighted by molar-refractivity contribution is 5.95. The molecule has 2 heterocycles. The van der Waals surface area contributed by atoms with E-state index in [9.17, 15) is 19.7 Å². The lowest BCUT2D eigenvalue weighted by molar-refractivity contribution is -0.385. The molecule has 4 rings (SSSR count). The van der Waals surface area contributed by atoms with Gasteiger partial charge in [-0.2, -0.15) is 0 Å². The van der Waals surface area contributed by atoms with E-state index in [0.29, 0.717) is 29.7 Å². The second kappa shape index (κ2) is 8.55. The number of ether oxygens (including phenoxy) is 2. The molecule has 9 heteroatoms. The normalized spacial score (nSPS) is 13.7. The Hall–Kier alpha value is -3.75. The number of esters is 1. The molecule has 3 aromatic rings. The number of rotatable bonds is 4. The fourth-order valence-electron chi connectivity index (χ4n) is 3.73. The number of aryl methyl sites for hydroxylation is 1. The number of aromatic nitrogens is 2. The van der Waals surface area contributed by atoms with Crippen LogP contribution >= 0.6 is 0 Å². The quantitative estimate of drug-likeness (QED) is 0.272. The Morgan fingerprint density at radius 2 is 1.94 bits per heavy atom. The zero-order valence-corrected chi connectivity index (χ0v) is 17.0. The fourth-order valence-corrected chi connectivity index (χ4v) is 3.73. The van der Waals surface area contributed by atoms with E-state index in [1.165, 1.54) is 37.4 Å². The Balaban J connectivity index is 1.69. The number of methoxy groups -OCH3 is 1. The molecule has 0 N–H and O–H groups in total. The molecule has 1 aliphatic heterocycles. The summed E-state index contributed by atoms with van der Waals surface area (Å²) in [6, 6.07) is 8.48. The summed E-state index contributed by atoms with van der Waals surface area (Å²) in [5, 5.41) is 11.7. The van der Waals surface area contributed by atoms with Gasteiger partial charge in [0.25, 0.3) is 5.56 Å². The van der Waals surface area contributed by atoms with Crippen molar-refractivity contribution in [3.8, 4) is 11.5 Å². The van der Waals surface area contributed by atoms with Gasteiger partial charge >= 0.3 is 11.7 Å². The highest BCUT2D eigenvalue weighted by Crippen LogP contribution is 2.31. The summed E-state index contributed by atoms with van der Waals surface area (Å²) in [6.07, 6.45) is 4.79. The summed E-state index contributed by atoms with van der Waals surface area (Å²) in [5.74, 6) is 0.0257. The summed E-state index contributed by atoms with van der Waals surface area (Å²) in [6.45, 7) is 0.641. The number of nitro benzene ring substituents is 1. The van der Waals surface area contributed by atoms with Crippen LogP contribution in [0.5, 0.6) is 11.5 Å². The topological polar surface area (TPSA) is 114 Å². The molecule has 1 aliphatic rings. The van der Waals surface area contributed by atoms with Gasteiger partial charge in [0.2, 0.25) is 5.75 Å². The minimum atomic E-state index is -0.774. The average Bonchev–Trinajstić information content (AvgIpc) is 2.75. The standard InChI is InChI=1S/C22H21N3O6/c1-30-15-8-10-19(18(13-15)25(28)29)31-22(27)14-7-9-16-17(12-14)23-20-6-4-2-3-5-11-24(20)21(16)26/h7-10,12-13H,2-6,11H2,1H3. The molecule has 1 aromatic heterocycles. The number of fused-ring (bicyclic) bond motifs is 2. The first-order chi connectivity index (χ1) is 15.0. The number of carbonyl (C=O) groups excluding carboxylic acids is 1. The van der Waals surface area contributed by atoms with Crippen LogP contribution in [0.15, 0.2) is 41.2 Å². The molecule has 0 fully saturated rings. The van der Waals surface area contributed by atoms with E-state index in [0.717, 1.165) is 25.7 Å². The highest BCUT2D eigenvalue weighted by atomic mass is 16.6. The van der Waals surface area contributed by atoms with Crippen molar-refractivity contribution < 1.29 is 19.2 Å². The van der Waals surface area contributed by atoms with Gasteiger partial charge in [0.15, 0.2) is 0 Å². The Kier molecular flexibility index (Phi) is 5.66. The van der Waals surface area contributed by atoms with Crippen molar-refractivity contribution in [3.05, 3.63) is 68.3 Å². The van der Waals surface area contributed by atoms with E-state index in [-0.39, 0.29) is 28.3 Å².